The summed E-state index contributed by atoms with van der Waals surface area (Å²) in [6.07, 6.45) is 11.9. The van der Waals surface area contributed by atoms with Crippen molar-refractivity contribution < 1.29 is 0 Å². The first kappa shape index (κ1) is 18.3. The average Bonchev–Trinajstić information content (AvgIpc) is 2.62. The van der Waals surface area contributed by atoms with Gasteiger partial charge in [-0.25, -0.2) is 4.98 Å². The van der Waals surface area contributed by atoms with Crippen molar-refractivity contribution in [2.24, 2.45) is 0 Å². The number of halogens is 1. The van der Waals surface area contributed by atoms with Crippen molar-refractivity contribution in [3.63, 3.8) is 0 Å². The molecule has 3 heterocycles. The second kappa shape index (κ2) is 7.79. The van der Waals surface area contributed by atoms with Crippen LogP contribution in [-0.2, 0) is 19.5 Å². The van der Waals surface area contributed by atoms with Crippen LogP contribution in [0.2, 0.25) is 5.15 Å². The van der Waals surface area contributed by atoms with Crippen LogP contribution >= 0.6 is 11.6 Å². The van der Waals surface area contributed by atoms with Gasteiger partial charge in [0.2, 0.25) is 0 Å². The highest BCUT2D eigenvalue weighted by Crippen LogP contribution is 2.32. The molecule has 0 spiro atoms. The number of hydrogen-bond donors (Lipinski definition) is 1. The largest absolute Gasteiger partial charge is 0.359 e. The van der Waals surface area contributed by atoms with Gasteiger partial charge in [-0.2, -0.15) is 0 Å². The number of fused-ring (bicyclic) bond motifs is 1. The third-order valence-corrected chi connectivity index (χ3v) is 4.93. The zero-order valence-electron chi connectivity index (χ0n) is 15.1. The van der Waals surface area contributed by atoms with Crippen LogP contribution in [0.3, 0.4) is 0 Å². The van der Waals surface area contributed by atoms with E-state index in [1.54, 1.807) is 0 Å². The molecular weight excluding hydrogens is 344 g/mol. The van der Waals surface area contributed by atoms with Gasteiger partial charge in [0, 0.05) is 36.6 Å². The Morgan fingerprint density at radius 3 is 2.73 bits per heavy atom. The second-order valence-corrected chi connectivity index (χ2v) is 6.80. The Hall–Kier alpha value is -2.53. The second-order valence-electron chi connectivity index (χ2n) is 6.44. The zero-order valence-corrected chi connectivity index (χ0v) is 15.8. The molecule has 1 aliphatic rings. The summed E-state index contributed by atoms with van der Waals surface area (Å²) >= 11 is 6.32. The molecule has 0 fully saturated rings. The molecule has 0 radical (unpaired) electrons. The summed E-state index contributed by atoms with van der Waals surface area (Å²) in [4.78, 5) is 11.3. The summed E-state index contributed by atoms with van der Waals surface area (Å²) in [6.45, 7) is 6.94. The molecule has 5 heteroatoms. The van der Waals surface area contributed by atoms with Gasteiger partial charge in [0.25, 0.3) is 0 Å². The van der Waals surface area contributed by atoms with Crippen LogP contribution in [0, 0.1) is 38.5 Å². The van der Waals surface area contributed by atoms with Gasteiger partial charge < -0.3 is 5.32 Å². The number of rotatable bonds is 4. The number of anilines is 1. The van der Waals surface area contributed by atoms with Crippen LogP contribution in [-0.4, -0.2) is 28.0 Å². The van der Waals surface area contributed by atoms with E-state index in [4.69, 9.17) is 24.4 Å². The van der Waals surface area contributed by atoms with Crippen molar-refractivity contribution in [3.05, 3.63) is 50.9 Å². The molecule has 4 nitrogen and oxygen atoms in total. The van der Waals surface area contributed by atoms with Gasteiger partial charge in [-0.3, -0.25) is 9.88 Å². The summed E-state index contributed by atoms with van der Waals surface area (Å²) in [5, 5.41) is 3.51. The molecule has 132 valence electrons. The van der Waals surface area contributed by atoms with Gasteiger partial charge >= 0.3 is 0 Å². The molecule has 2 aromatic rings. The lowest BCUT2D eigenvalue weighted by Gasteiger charge is -2.31. The normalized spacial score (nSPS) is 13.6. The van der Waals surface area contributed by atoms with Crippen molar-refractivity contribution in [3.8, 4) is 24.7 Å². The van der Waals surface area contributed by atoms with E-state index >= 15 is 0 Å². The molecule has 0 saturated heterocycles. The Bertz CT molecular complexity index is 921. The summed E-state index contributed by atoms with van der Waals surface area (Å²) in [7, 11) is 0. The summed E-state index contributed by atoms with van der Waals surface area (Å²) < 4.78 is 0. The van der Waals surface area contributed by atoms with Crippen LogP contribution in [0.25, 0.3) is 0 Å². The summed E-state index contributed by atoms with van der Waals surface area (Å²) in [6, 6.07) is 4.20. The molecule has 3 rings (SSSR count). The lowest BCUT2D eigenvalue weighted by molar-refractivity contribution is 0.244. The molecule has 0 saturated carbocycles. The van der Waals surface area contributed by atoms with Crippen molar-refractivity contribution in [1.82, 2.24) is 14.9 Å². The minimum Gasteiger partial charge on any atom is -0.359 e. The zero-order chi connectivity index (χ0) is 18.7. The van der Waals surface area contributed by atoms with Gasteiger partial charge in [-0.1, -0.05) is 29.5 Å². The number of aryl methyl sites for hydroxylation is 2. The van der Waals surface area contributed by atoms with Crippen molar-refractivity contribution in [2.75, 3.05) is 18.4 Å². The van der Waals surface area contributed by atoms with Gasteiger partial charge in [0.05, 0.1) is 12.1 Å². The van der Waals surface area contributed by atoms with Gasteiger partial charge in [-0.05, 0) is 37.5 Å². The molecule has 0 amide bonds. The number of terminal acetylenes is 2. The lowest BCUT2D eigenvalue weighted by Crippen LogP contribution is -2.32. The van der Waals surface area contributed by atoms with E-state index in [2.05, 4.69) is 51.1 Å². The predicted molar refractivity (Wildman–Crippen MR) is 106 cm³/mol. The molecule has 1 aliphatic heterocycles. The Morgan fingerprint density at radius 2 is 2.04 bits per heavy atom. The van der Waals surface area contributed by atoms with Gasteiger partial charge in [0.1, 0.15) is 11.0 Å². The molecular formula is C21H21ClN4. The standard InChI is InChI=1S/C21H21ClN4/c1-5-10-23-21-18-9-11-26(12-16-8-7-14(3)24-15(16)4)13-19(18)17(6-2)20(22)25-21/h1-2,7-8H,9-13H2,3-4H3,(H,23,25). The molecule has 0 aromatic carbocycles. The summed E-state index contributed by atoms with van der Waals surface area (Å²) in [5.41, 5.74) is 6.19. The third kappa shape index (κ3) is 3.68. The Balaban J connectivity index is 1.90. The van der Waals surface area contributed by atoms with Gasteiger partial charge in [0.15, 0.2) is 0 Å². The topological polar surface area (TPSA) is 41.1 Å². The highest BCUT2D eigenvalue weighted by atomic mass is 35.5. The first-order chi connectivity index (χ1) is 12.5. The molecule has 26 heavy (non-hydrogen) atoms. The number of nitrogens with one attached hydrogen (secondary N) is 1. The quantitative estimate of drug-likeness (QED) is 0.667. The molecule has 0 bridgehead atoms. The highest BCUT2D eigenvalue weighted by Gasteiger charge is 2.24. The fourth-order valence-electron chi connectivity index (χ4n) is 3.34. The van der Waals surface area contributed by atoms with Crippen molar-refractivity contribution >= 4 is 17.4 Å². The van der Waals surface area contributed by atoms with Crippen molar-refractivity contribution in [2.45, 2.75) is 33.4 Å². The Labute approximate surface area is 160 Å². The fourth-order valence-corrected chi connectivity index (χ4v) is 3.60. The van der Waals surface area contributed by atoms with Crippen molar-refractivity contribution in [1.29, 1.82) is 0 Å². The van der Waals surface area contributed by atoms with E-state index in [0.29, 0.717) is 17.3 Å². The van der Waals surface area contributed by atoms with Gasteiger partial charge in [-0.15, -0.1) is 12.8 Å². The monoisotopic (exact) mass is 364 g/mol. The lowest BCUT2D eigenvalue weighted by atomic mass is 9.96. The molecule has 0 atom stereocenters. The van der Waals surface area contributed by atoms with Crippen LogP contribution in [0.5, 0.6) is 0 Å². The predicted octanol–water partition coefficient (Wildman–Crippen LogP) is 3.33. The average molecular weight is 365 g/mol. The number of aromatic nitrogens is 2. The number of pyridine rings is 2. The minimum atomic E-state index is 0.348. The van der Waals surface area contributed by atoms with E-state index in [1.807, 2.05) is 6.92 Å². The van der Waals surface area contributed by atoms with E-state index in [0.717, 1.165) is 54.4 Å². The SMILES string of the molecule is C#CCNc1nc(Cl)c(C#C)c2c1CCN(Cc1ccc(C)nc1C)C2. The molecule has 0 unspecified atom stereocenters. The van der Waals surface area contributed by atoms with E-state index in [1.165, 1.54) is 5.56 Å². The maximum Gasteiger partial charge on any atom is 0.147 e. The maximum atomic E-state index is 6.32. The first-order valence-corrected chi connectivity index (χ1v) is 8.92. The summed E-state index contributed by atoms with van der Waals surface area (Å²) in [5.74, 6) is 6.02. The van der Waals surface area contributed by atoms with Crippen LogP contribution in [0.4, 0.5) is 5.82 Å². The van der Waals surface area contributed by atoms with E-state index in [9.17, 15) is 0 Å². The fraction of sp³-hybridized carbons (Fsp3) is 0.333. The maximum absolute atomic E-state index is 6.32. The number of hydrogen-bond acceptors (Lipinski definition) is 4. The Kier molecular flexibility index (Phi) is 5.47. The Morgan fingerprint density at radius 1 is 1.23 bits per heavy atom. The smallest absolute Gasteiger partial charge is 0.147 e. The molecule has 2 aromatic heterocycles. The minimum absolute atomic E-state index is 0.348. The van der Waals surface area contributed by atoms with E-state index < -0.39 is 0 Å². The van der Waals surface area contributed by atoms with Crippen LogP contribution in [0.15, 0.2) is 12.1 Å². The molecule has 0 aliphatic carbocycles. The van der Waals surface area contributed by atoms with E-state index in [-0.39, 0.29) is 0 Å². The number of nitrogens with zero attached hydrogens (tertiary/aromatic N) is 3. The van der Waals surface area contributed by atoms with Crippen LogP contribution < -0.4 is 5.32 Å². The first-order valence-electron chi connectivity index (χ1n) is 8.54. The molecule has 1 N–H and O–H groups in total. The highest BCUT2D eigenvalue weighted by molar-refractivity contribution is 6.30. The van der Waals surface area contributed by atoms with Crippen LogP contribution in [0.1, 0.15) is 33.6 Å². The third-order valence-electron chi connectivity index (χ3n) is 4.66.